The van der Waals surface area contributed by atoms with Crippen LogP contribution in [0.4, 0.5) is 13.2 Å². The molecule has 0 unspecified atom stereocenters. The summed E-state index contributed by atoms with van der Waals surface area (Å²) in [6.07, 6.45) is -2.01. The van der Waals surface area contributed by atoms with Gasteiger partial charge >= 0.3 is 6.18 Å². The number of benzene rings is 1. The quantitative estimate of drug-likeness (QED) is 0.887. The Morgan fingerprint density at radius 3 is 2.38 bits per heavy atom. The molecule has 0 bridgehead atoms. The predicted octanol–water partition coefficient (Wildman–Crippen LogP) is 3.50. The van der Waals surface area contributed by atoms with E-state index in [-0.39, 0.29) is 5.54 Å². The van der Waals surface area contributed by atoms with Crippen molar-refractivity contribution >= 4 is 15.9 Å². The first-order chi connectivity index (χ1) is 7.28. The van der Waals surface area contributed by atoms with Crippen LogP contribution < -0.4 is 5.73 Å². The van der Waals surface area contributed by atoms with Crippen LogP contribution in [0, 0.1) is 0 Å². The zero-order chi connectivity index (χ0) is 12.0. The van der Waals surface area contributed by atoms with E-state index in [2.05, 4.69) is 15.9 Å². The van der Waals surface area contributed by atoms with Gasteiger partial charge in [0.1, 0.15) is 0 Å². The Morgan fingerprint density at radius 2 is 1.88 bits per heavy atom. The molecule has 16 heavy (non-hydrogen) atoms. The predicted molar refractivity (Wildman–Crippen MR) is 59.0 cm³/mol. The van der Waals surface area contributed by atoms with Gasteiger partial charge in [-0.2, -0.15) is 13.2 Å². The molecule has 0 amide bonds. The number of nitrogens with two attached hydrogens (primary N) is 1. The number of alkyl halides is 3. The molecule has 0 heterocycles. The number of hydrogen-bond donors (Lipinski definition) is 1. The Hall–Kier alpha value is -0.550. The lowest BCUT2D eigenvalue weighted by atomic mass is 10.0. The lowest BCUT2D eigenvalue weighted by molar-refractivity contribution is -0.137. The zero-order valence-electron chi connectivity index (χ0n) is 8.44. The van der Waals surface area contributed by atoms with Gasteiger partial charge < -0.3 is 5.73 Å². The molecule has 0 saturated heterocycles. The van der Waals surface area contributed by atoms with Gasteiger partial charge in [-0.05, 0) is 43.0 Å². The van der Waals surface area contributed by atoms with E-state index < -0.39 is 11.7 Å². The van der Waals surface area contributed by atoms with Crippen LogP contribution in [-0.4, -0.2) is 5.54 Å². The molecule has 88 valence electrons. The van der Waals surface area contributed by atoms with Gasteiger partial charge in [0, 0.05) is 10.0 Å². The van der Waals surface area contributed by atoms with Crippen LogP contribution in [-0.2, 0) is 12.6 Å². The highest BCUT2D eigenvalue weighted by atomic mass is 79.9. The number of hydrogen-bond acceptors (Lipinski definition) is 1. The van der Waals surface area contributed by atoms with Gasteiger partial charge in [-0.1, -0.05) is 15.9 Å². The Labute approximate surface area is 100.0 Å². The number of halogens is 4. The highest BCUT2D eigenvalue weighted by Gasteiger charge is 2.38. The molecule has 0 aliphatic heterocycles. The molecular weight excluding hydrogens is 283 g/mol. The summed E-state index contributed by atoms with van der Waals surface area (Å²) in [5, 5.41) is 0. The van der Waals surface area contributed by atoms with Gasteiger partial charge in [-0.3, -0.25) is 0 Å². The summed E-state index contributed by atoms with van der Waals surface area (Å²) in [5.74, 6) is 0. The van der Waals surface area contributed by atoms with Crippen LogP contribution in [0.5, 0.6) is 0 Å². The van der Waals surface area contributed by atoms with Crippen LogP contribution in [0.25, 0.3) is 0 Å². The molecule has 1 aliphatic rings. The Kier molecular flexibility index (Phi) is 2.78. The van der Waals surface area contributed by atoms with Crippen molar-refractivity contribution < 1.29 is 13.2 Å². The van der Waals surface area contributed by atoms with E-state index in [9.17, 15) is 13.2 Å². The van der Waals surface area contributed by atoms with Crippen molar-refractivity contribution in [3.63, 3.8) is 0 Å². The van der Waals surface area contributed by atoms with Crippen LogP contribution in [0.2, 0.25) is 0 Å². The maximum Gasteiger partial charge on any atom is 0.416 e. The summed E-state index contributed by atoms with van der Waals surface area (Å²) in [5.41, 5.74) is 5.63. The molecule has 2 N–H and O–H groups in total. The van der Waals surface area contributed by atoms with Crippen molar-refractivity contribution in [1.82, 2.24) is 0 Å². The van der Waals surface area contributed by atoms with E-state index in [4.69, 9.17) is 5.73 Å². The number of rotatable bonds is 2. The maximum atomic E-state index is 12.5. The third kappa shape index (κ3) is 2.77. The van der Waals surface area contributed by atoms with Crippen molar-refractivity contribution in [3.05, 3.63) is 33.8 Å². The first-order valence-electron chi connectivity index (χ1n) is 4.94. The monoisotopic (exact) mass is 293 g/mol. The minimum atomic E-state index is -4.30. The lowest BCUT2D eigenvalue weighted by Crippen LogP contribution is -2.24. The molecule has 0 aromatic heterocycles. The second kappa shape index (κ2) is 3.74. The Morgan fingerprint density at radius 1 is 1.25 bits per heavy atom. The molecule has 5 heteroatoms. The average Bonchev–Trinajstić information content (AvgIpc) is 2.80. The van der Waals surface area contributed by atoms with E-state index in [1.807, 2.05) is 0 Å². The van der Waals surface area contributed by atoms with Gasteiger partial charge in [-0.25, -0.2) is 0 Å². The highest BCUT2D eigenvalue weighted by molar-refractivity contribution is 9.10. The second-order valence-corrected chi connectivity index (χ2v) is 5.30. The summed E-state index contributed by atoms with van der Waals surface area (Å²) in [4.78, 5) is 0. The van der Waals surface area contributed by atoms with Crippen LogP contribution >= 0.6 is 15.9 Å². The fraction of sp³-hybridized carbons (Fsp3) is 0.455. The third-order valence-corrected chi connectivity index (χ3v) is 3.19. The van der Waals surface area contributed by atoms with Crippen molar-refractivity contribution in [2.45, 2.75) is 31.0 Å². The van der Waals surface area contributed by atoms with E-state index in [1.54, 1.807) is 6.07 Å². The lowest BCUT2D eigenvalue weighted by Gasteiger charge is -2.12. The third-order valence-electron chi connectivity index (χ3n) is 2.73. The minimum Gasteiger partial charge on any atom is -0.325 e. The Balaban J connectivity index is 2.29. The van der Waals surface area contributed by atoms with Crippen LogP contribution in [0.3, 0.4) is 0 Å². The average molecular weight is 294 g/mol. The van der Waals surface area contributed by atoms with E-state index in [0.717, 1.165) is 18.9 Å². The fourth-order valence-electron chi connectivity index (χ4n) is 1.66. The highest BCUT2D eigenvalue weighted by Crippen LogP contribution is 2.38. The van der Waals surface area contributed by atoms with Gasteiger partial charge in [-0.15, -0.1) is 0 Å². The molecule has 2 rings (SSSR count). The first kappa shape index (κ1) is 11.9. The van der Waals surface area contributed by atoms with Gasteiger partial charge in [0.05, 0.1) is 5.56 Å². The van der Waals surface area contributed by atoms with Crippen molar-refractivity contribution in [3.8, 4) is 0 Å². The molecular formula is C11H11BrF3N. The molecule has 1 aromatic rings. The first-order valence-corrected chi connectivity index (χ1v) is 5.73. The zero-order valence-corrected chi connectivity index (χ0v) is 10.0. The topological polar surface area (TPSA) is 26.0 Å². The summed E-state index contributed by atoms with van der Waals surface area (Å²) >= 11 is 3.09. The standard InChI is InChI=1S/C11H11BrF3N/c12-9-4-7(6-10(16)1-2-10)3-8(5-9)11(13,14)15/h3-5H,1-2,6,16H2. The fourth-order valence-corrected chi connectivity index (χ4v) is 2.20. The summed E-state index contributed by atoms with van der Waals surface area (Å²) in [6.45, 7) is 0. The van der Waals surface area contributed by atoms with Crippen LogP contribution in [0.1, 0.15) is 24.0 Å². The molecule has 1 saturated carbocycles. The minimum absolute atomic E-state index is 0.274. The van der Waals surface area contributed by atoms with E-state index in [1.165, 1.54) is 6.07 Å². The van der Waals surface area contributed by atoms with Gasteiger partial charge in [0.25, 0.3) is 0 Å². The normalized spacial score (nSPS) is 18.6. The SMILES string of the molecule is NC1(Cc2cc(Br)cc(C(F)(F)F)c2)CC1. The molecule has 1 aromatic carbocycles. The largest absolute Gasteiger partial charge is 0.416 e. The Bertz CT molecular complexity index is 410. The second-order valence-electron chi connectivity index (χ2n) is 4.39. The maximum absolute atomic E-state index is 12.5. The van der Waals surface area contributed by atoms with Gasteiger partial charge in [0.15, 0.2) is 0 Å². The molecule has 0 spiro atoms. The summed E-state index contributed by atoms with van der Waals surface area (Å²) in [7, 11) is 0. The summed E-state index contributed by atoms with van der Waals surface area (Å²) in [6, 6.07) is 3.96. The molecule has 0 radical (unpaired) electrons. The summed E-state index contributed by atoms with van der Waals surface area (Å²) < 4.78 is 38.1. The van der Waals surface area contributed by atoms with Gasteiger partial charge in [0.2, 0.25) is 0 Å². The molecule has 1 aliphatic carbocycles. The smallest absolute Gasteiger partial charge is 0.325 e. The molecule has 1 nitrogen and oxygen atoms in total. The van der Waals surface area contributed by atoms with Crippen molar-refractivity contribution in [1.29, 1.82) is 0 Å². The van der Waals surface area contributed by atoms with E-state index >= 15 is 0 Å². The van der Waals surface area contributed by atoms with Crippen molar-refractivity contribution in [2.24, 2.45) is 5.73 Å². The van der Waals surface area contributed by atoms with Crippen molar-refractivity contribution in [2.75, 3.05) is 0 Å². The van der Waals surface area contributed by atoms with Crippen LogP contribution in [0.15, 0.2) is 22.7 Å². The molecule has 0 atom stereocenters. The molecule has 1 fully saturated rings. The van der Waals surface area contributed by atoms with E-state index in [0.29, 0.717) is 16.5 Å².